The van der Waals surface area contributed by atoms with E-state index in [2.05, 4.69) is 11.1 Å². The van der Waals surface area contributed by atoms with Crippen molar-refractivity contribution >= 4 is 16.8 Å². The van der Waals surface area contributed by atoms with E-state index in [1.807, 2.05) is 56.3 Å². The molecule has 0 fully saturated rings. The smallest absolute Gasteiger partial charge is 0.253 e. The molecule has 5 heteroatoms. The number of carbonyl (C=O) groups excluding carboxylic acids is 1. The van der Waals surface area contributed by atoms with Gasteiger partial charge in [-0.25, -0.2) is 0 Å². The standard InChI is InChI=1S/C24H25N3O2/c1-5-17-12-18-9-10-20(13-21(18)26-22(17)28)24(2,15-25)14-16-7-6-8-19(11-16)23(29)27(3)4/h6-13H,5,14H2,1-4H3,(H,26,28). The summed E-state index contributed by atoms with van der Waals surface area (Å²) in [5.74, 6) is -0.0690. The van der Waals surface area contributed by atoms with Crippen molar-refractivity contribution < 1.29 is 4.79 Å². The van der Waals surface area contributed by atoms with Crippen LogP contribution in [0.2, 0.25) is 0 Å². The number of nitriles is 1. The van der Waals surface area contributed by atoms with Gasteiger partial charge in [-0.15, -0.1) is 0 Å². The maximum atomic E-state index is 12.3. The summed E-state index contributed by atoms with van der Waals surface area (Å²) in [4.78, 5) is 28.9. The van der Waals surface area contributed by atoms with Crippen molar-refractivity contribution in [3.63, 3.8) is 0 Å². The lowest BCUT2D eigenvalue weighted by atomic mass is 9.78. The molecule has 0 spiro atoms. The molecule has 0 aliphatic heterocycles. The van der Waals surface area contributed by atoms with E-state index in [0.29, 0.717) is 18.4 Å². The first kappa shape index (κ1) is 20.3. The van der Waals surface area contributed by atoms with Crippen LogP contribution < -0.4 is 5.56 Å². The van der Waals surface area contributed by atoms with Crippen molar-refractivity contribution in [3.05, 3.63) is 81.1 Å². The van der Waals surface area contributed by atoms with Crippen LogP contribution in [0.1, 0.15) is 40.9 Å². The SMILES string of the molecule is CCc1cc2ccc(C(C)(C#N)Cc3cccc(C(=O)N(C)C)c3)cc2[nH]c1=O. The molecular formula is C24H25N3O2. The van der Waals surface area contributed by atoms with Crippen LogP contribution >= 0.6 is 0 Å². The molecule has 1 amide bonds. The van der Waals surface area contributed by atoms with E-state index in [9.17, 15) is 14.9 Å². The third-order valence-corrected chi connectivity index (χ3v) is 5.33. The molecule has 2 aromatic carbocycles. The normalized spacial score (nSPS) is 12.9. The average molecular weight is 387 g/mol. The molecule has 1 atom stereocenters. The van der Waals surface area contributed by atoms with E-state index in [-0.39, 0.29) is 11.5 Å². The van der Waals surface area contributed by atoms with E-state index in [1.54, 1.807) is 20.2 Å². The summed E-state index contributed by atoms with van der Waals surface area (Å²) in [6, 6.07) is 17.5. The number of benzene rings is 2. The molecule has 0 aliphatic rings. The van der Waals surface area contributed by atoms with Crippen LogP contribution in [0.25, 0.3) is 10.9 Å². The fraction of sp³-hybridized carbons (Fsp3) is 0.292. The zero-order valence-electron chi connectivity index (χ0n) is 17.2. The number of rotatable bonds is 5. The van der Waals surface area contributed by atoms with Crippen molar-refractivity contribution in [2.24, 2.45) is 0 Å². The lowest BCUT2D eigenvalue weighted by Crippen LogP contribution is -2.24. The van der Waals surface area contributed by atoms with E-state index < -0.39 is 5.41 Å². The summed E-state index contributed by atoms with van der Waals surface area (Å²) in [6.07, 6.45) is 1.13. The lowest BCUT2D eigenvalue weighted by Gasteiger charge is -2.23. The number of aromatic nitrogens is 1. The quantitative estimate of drug-likeness (QED) is 0.723. The number of aromatic amines is 1. The Morgan fingerprint density at radius 3 is 2.59 bits per heavy atom. The minimum atomic E-state index is -0.797. The van der Waals surface area contributed by atoms with E-state index in [4.69, 9.17) is 0 Å². The summed E-state index contributed by atoms with van der Waals surface area (Å²) >= 11 is 0. The van der Waals surface area contributed by atoms with Gasteiger partial charge in [-0.05, 0) is 60.5 Å². The largest absolute Gasteiger partial charge is 0.345 e. The van der Waals surface area contributed by atoms with Crippen LogP contribution in [0.15, 0.2) is 53.3 Å². The summed E-state index contributed by atoms with van der Waals surface area (Å²) in [6.45, 7) is 3.83. The topological polar surface area (TPSA) is 77.0 Å². The van der Waals surface area contributed by atoms with Crippen molar-refractivity contribution in [1.29, 1.82) is 5.26 Å². The number of nitrogens with zero attached hydrogens (tertiary/aromatic N) is 2. The summed E-state index contributed by atoms with van der Waals surface area (Å²) in [5, 5.41) is 10.9. The first-order valence-corrected chi connectivity index (χ1v) is 9.65. The van der Waals surface area contributed by atoms with Crippen LogP contribution in [0.3, 0.4) is 0 Å². The highest BCUT2D eigenvalue weighted by atomic mass is 16.2. The molecular weight excluding hydrogens is 362 g/mol. The number of hydrogen-bond donors (Lipinski definition) is 1. The molecule has 148 valence electrons. The van der Waals surface area contributed by atoms with Crippen LogP contribution in [0, 0.1) is 11.3 Å². The van der Waals surface area contributed by atoms with Crippen LogP contribution in [0.4, 0.5) is 0 Å². The molecule has 0 saturated carbocycles. The van der Waals surface area contributed by atoms with Gasteiger partial charge in [0.2, 0.25) is 0 Å². The fourth-order valence-electron chi connectivity index (χ4n) is 3.54. The van der Waals surface area contributed by atoms with Gasteiger partial charge in [0.1, 0.15) is 0 Å². The van der Waals surface area contributed by atoms with Gasteiger partial charge < -0.3 is 9.88 Å². The Labute approximate surface area is 170 Å². The van der Waals surface area contributed by atoms with Crippen LogP contribution in [-0.2, 0) is 18.3 Å². The molecule has 1 heterocycles. The minimum Gasteiger partial charge on any atom is -0.345 e. The van der Waals surface area contributed by atoms with Crippen molar-refractivity contribution in [1.82, 2.24) is 9.88 Å². The first-order chi connectivity index (χ1) is 13.8. The number of pyridine rings is 1. The Morgan fingerprint density at radius 1 is 1.17 bits per heavy atom. The van der Waals surface area contributed by atoms with Gasteiger partial charge in [-0.1, -0.05) is 31.2 Å². The van der Waals surface area contributed by atoms with Crippen LogP contribution in [-0.4, -0.2) is 29.9 Å². The number of hydrogen-bond acceptors (Lipinski definition) is 3. The van der Waals surface area contributed by atoms with Crippen molar-refractivity contribution in [3.8, 4) is 6.07 Å². The van der Waals surface area contributed by atoms with Gasteiger partial charge in [0, 0.05) is 30.7 Å². The second-order valence-electron chi connectivity index (χ2n) is 7.80. The molecule has 0 bridgehead atoms. The predicted molar refractivity (Wildman–Crippen MR) is 115 cm³/mol. The highest BCUT2D eigenvalue weighted by molar-refractivity contribution is 5.94. The van der Waals surface area contributed by atoms with Crippen LogP contribution in [0.5, 0.6) is 0 Å². The minimum absolute atomic E-state index is 0.0690. The Balaban J connectivity index is 2.00. The van der Waals surface area contributed by atoms with E-state index in [0.717, 1.165) is 27.6 Å². The maximum absolute atomic E-state index is 12.3. The average Bonchev–Trinajstić information content (AvgIpc) is 2.72. The molecule has 0 saturated heterocycles. The molecule has 3 aromatic rings. The Bertz CT molecular complexity index is 1170. The van der Waals surface area contributed by atoms with Crippen molar-refractivity contribution in [2.45, 2.75) is 32.1 Å². The molecule has 0 radical (unpaired) electrons. The van der Waals surface area contributed by atoms with E-state index in [1.165, 1.54) is 4.90 Å². The van der Waals surface area contributed by atoms with Gasteiger partial charge in [0.25, 0.3) is 11.5 Å². The number of amides is 1. The Morgan fingerprint density at radius 2 is 1.93 bits per heavy atom. The van der Waals surface area contributed by atoms with Gasteiger partial charge in [0.05, 0.1) is 11.5 Å². The van der Waals surface area contributed by atoms with Gasteiger partial charge in [0.15, 0.2) is 0 Å². The molecule has 1 N–H and O–H groups in total. The molecule has 1 unspecified atom stereocenters. The number of carbonyl (C=O) groups is 1. The Kier molecular flexibility index (Phi) is 5.56. The zero-order valence-corrected chi connectivity index (χ0v) is 17.2. The highest BCUT2D eigenvalue weighted by Crippen LogP contribution is 2.30. The molecule has 0 aliphatic carbocycles. The predicted octanol–water partition coefficient (Wildman–Crippen LogP) is 3.82. The monoisotopic (exact) mass is 387 g/mol. The van der Waals surface area contributed by atoms with Gasteiger partial charge in [-0.2, -0.15) is 5.26 Å². The van der Waals surface area contributed by atoms with Crippen molar-refractivity contribution in [2.75, 3.05) is 14.1 Å². The molecule has 1 aromatic heterocycles. The van der Waals surface area contributed by atoms with Gasteiger partial charge in [-0.3, -0.25) is 9.59 Å². The highest BCUT2D eigenvalue weighted by Gasteiger charge is 2.28. The third-order valence-electron chi connectivity index (χ3n) is 5.33. The summed E-state index contributed by atoms with van der Waals surface area (Å²) in [7, 11) is 3.43. The number of aryl methyl sites for hydroxylation is 1. The second-order valence-corrected chi connectivity index (χ2v) is 7.80. The Hall–Kier alpha value is -3.39. The summed E-state index contributed by atoms with van der Waals surface area (Å²) in [5.41, 5.74) is 2.93. The molecule has 3 rings (SSSR count). The fourth-order valence-corrected chi connectivity index (χ4v) is 3.54. The zero-order chi connectivity index (χ0) is 21.2. The molecule has 29 heavy (non-hydrogen) atoms. The summed E-state index contributed by atoms with van der Waals surface area (Å²) < 4.78 is 0. The third kappa shape index (κ3) is 4.07. The lowest BCUT2D eigenvalue weighted by molar-refractivity contribution is 0.0827. The van der Waals surface area contributed by atoms with Gasteiger partial charge >= 0.3 is 0 Å². The molecule has 5 nitrogen and oxygen atoms in total. The number of H-pyrrole nitrogens is 1. The number of fused-ring (bicyclic) bond motifs is 1. The number of nitrogens with one attached hydrogen (secondary N) is 1. The second kappa shape index (κ2) is 7.92. The maximum Gasteiger partial charge on any atom is 0.253 e. The van der Waals surface area contributed by atoms with E-state index >= 15 is 0 Å². The first-order valence-electron chi connectivity index (χ1n) is 9.65.